The van der Waals surface area contributed by atoms with Gasteiger partial charge in [-0.3, -0.25) is 0 Å². The average Bonchev–Trinajstić information content (AvgIpc) is 2.36. The fraction of sp³-hybridized carbons (Fsp3) is 0.143. The van der Waals surface area contributed by atoms with Crippen LogP contribution in [0, 0.1) is 0 Å². The minimum atomic E-state index is 0.816. The summed E-state index contributed by atoms with van der Waals surface area (Å²) in [4.78, 5) is 0. The lowest BCUT2D eigenvalue weighted by Gasteiger charge is -2.02. The zero-order valence-electron chi connectivity index (χ0n) is 9.30. The SMILES string of the molecule is Clc1cccc(CSSCc2ccccc2)c1. The molecule has 88 valence electrons. The van der Waals surface area contributed by atoms with Crippen molar-refractivity contribution in [3.05, 3.63) is 70.7 Å². The Morgan fingerprint density at radius 3 is 2.12 bits per heavy atom. The predicted molar refractivity (Wildman–Crippen MR) is 80.5 cm³/mol. The van der Waals surface area contributed by atoms with Crippen LogP contribution in [0.2, 0.25) is 5.02 Å². The second-order valence-electron chi connectivity index (χ2n) is 3.64. The van der Waals surface area contributed by atoms with E-state index in [1.165, 1.54) is 11.1 Å². The van der Waals surface area contributed by atoms with Crippen LogP contribution in [-0.2, 0) is 11.5 Å². The minimum Gasteiger partial charge on any atom is -0.0890 e. The molecule has 0 bridgehead atoms. The highest BCUT2D eigenvalue weighted by Gasteiger charge is 1.96. The zero-order valence-corrected chi connectivity index (χ0v) is 11.7. The molecule has 0 heterocycles. The normalized spacial score (nSPS) is 10.4. The quantitative estimate of drug-likeness (QED) is 0.530. The molecule has 0 unspecified atom stereocenters. The molecule has 0 amide bonds. The van der Waals surface area contributed by atoms with Gasteiger partial charge in [-0.2, -0.15) is 0 Å². The van der Waals surface area contributed by atoms with E-state index in [4.69, 9.17) is 11.6 Å². The van der Waals surface area contributed by atoms with E-state index in [0.717, 1.165) is 16.5 Å². The third-order valence-electron chi connectivity index (χ3n) is 2.27. The average molecular weight is 281 g/mol. The summed E-state index contributed by atoms with van der Waals surface area (Å²) >= 11 is 5.94. The Kier molecular flexibility index (Phi) is 5.30. The van der Waals surface area contributed by atoms with Gasteiger partial charge >= 0.3 is 0 Å². The first-order valence-electron chi connectivity index (χ1n) is 5.37. The third kappa shape index (κ3) is 4.66. The topological polar surface area (TPSA) is 0 Å². The molecule has 2 aromatic carbocycles. The molecule has 2 aromatic rings. The van der Waals surface area contributed by atoms with E-state index < -0.39 is 0 Å². The van der Waals surface area contributed by atoms with Crippen LogP contribution in [-0.4, -0.2) is 0 Å². The molecule has 0 aliphatic heterocycles. The van der Waals surface area contributed by atoms with Crippen molar-refractivity contribution >= 4 is 33.2 Å². The highest BCUT2D eigenvalue weighted by atomic mass is 35.5. The van der Waals surface area contributed by atoms with Crippen molar-refractivity contribution in [1.82, 2.24) is 0 Å². The van der Waals surface area contributed by atoms with Crippen molar-refractivity contribution < 1.29 is 0 Å². The standard InChI is InChI=1S/C14H13ClS2/c15-14-8-4-7-13(9-14)11-17-16-10-12-5-2-1-3-6-12/h1-9H,10-11H2. The van der Waals surface area contributed by atoms with E-state index in [0.29, 0.717) is 0 Å². The molecular weight excluding hydrogens is 268 g/mol. The molecule has 0 nitrogen and oxygen atoms in total. The first-order chi connectivity index (χ1) is 8.34. The van der Waals surface area contributed by atoms with E-state index in [-0.39, 0.29) is 0 Å². The summed E-state index contributed by atoms with van der Waals surface area (Å²) in [6.07, 6.45) is 0. The van der Waals surface area contributed by atoms with E-state index in [1.807, 2.05) is 45.9 Å². The van der Waals surface area contributed by atoms with Gasteiger partial charge in [-0.25, -0.2) is 0 Å². The summed E-state index contributed by atoms with van der Waals surface area (Å²) in [5, 5.41) is 0.816. The molecular formula is C14H13ClS2. The monoisotopic (exact) mass is 280 g/mol. The van der Waals surface area contributed by atoms with Crippen LogP contribution in [0.25, 0.3) is 0 Å². The molecule has 0 saturated heterocycles. The van der Waals surface area contributed by atoms with E-state index >= 15 is 0 Å². The second-order valence-corrected chi connectivity index (χ2v) is 6.54. The number of hydrogen-bond donors (Lipinski definition) is 0. The van der Waals surface area contributed by atoms with Crippen LogP contribution in [0.1, 0.15) is 11.1 Å². The Hall–Kier alpha value is -0.570. The van der Waals surface area contributed by atoms with Gasteiger partial charge in [0.2, 0.25) is 0 Å². The summed E-state index contributed by atoms with van der Waals surface area (Å²) in [5.74, 6) is 2.05. The number of benzene rings is 2. The maximum Gasteiger partial charge on any atom is 0.0409 e. The van der Waals surface area contributed by atoms with Crippen molar-refractivity contribution in [1.29, 1.82) is 0 Å². The fourth-order valence-electron chi connectivity index (χ4n) is 1.42. The lowest BCUT2D eigenvalue weighted by Crippen LogP contribution is -1.79. The first-order valence-corrected chi connectivity index (χ1v) is 8.24. The Morgan fingerprint density at radius 1 is 0.765 bits per heavy atom. The molecule has 0 N–H and O–H groups in total. The Labute approximate surface area is 115 Å². The summed E-state index contributed by atoms with van der Waals surface area (Å²) in [7, 11) is 3.75. The maximum atomic E-state index is 5.94. The van der Waals surface area contributed by atoms with Crippen molar-refractivity contribution in [2.75, 3.05) is 0 Å². The number of rotatable bonds is 5. The molecule has 0 fully saturated rings. The van der Waals surface area contributed by atoms with Gasteiger partial charge in [-0.1, -0.05) is 75.7 Å². The smallest absolute Gasteiger partial charge is 0.0409 e. The van der Waals surface area contributed by atoms with Crippen LogP contribution in [0.4, 0.5) is 0 Å². The van der Waals surface area contributed by atoms with Gasteiger partial charge in [-0.05, 0) is 23.3 Å². The van der Waals surface area contributed by atoms with E-state index in [2.05, 4.69) is 30.3 Å². The molecule has 0 atom stereocenters. The molecule has 0 aliphatic rings. The van der Waals surface area contributed by atoms with Gasteiger partial charge in [0.05, 0.1) is 0 Å². The largest absolute Gasteiger partial charge is 0.0890 e. The molecule has 0 radical (unpaired) electrons. The highest BCUT2D eigenvalue weighted by molar-refractivity contribution is 8.76. The van der Waals surface area contributed by atoms with Gasteiger partial charge in [0.15, 0.2) is 0 Å². The predicted octanol–water partition coefficient (Wildman–Crippen LogP) is 5.42. The summed E-state index contributed by atoms with van der Waals surface area (Å²) < 4.78 is 0. The van der Waals surface area contributed by atoms with Crippen LogP contribution in [0.5, 0.6) is 0 Å². The summed E-state index contributed by atoms with van der Waals surface area (Å²) in [6.45, 7) is 0. The molecule has 0 spiro atoms. The van der Waals surface area contributed by atoms with Crippen LogP contribution in [0.15, 0.2) is 54.6 Å². The van der Waals surface area contributed by atoms with Crippen molar-refractivity contribution in [2.24, 2.45) is 0 Å². The lowest BCUT2D eigenvalue weighted by molar-refractivity contribution is 1.42. The van der Waals surface area contributed by atoms with Crippen molar-refractivity contribution in [2.45, 2.75) is 11.5 Å². The molecule has 17 heavy (non-hydrogen) atoms. The zero-order chi connectivity index (χ0) is 11.9. The second kappa shape index (κ2) is 7.00. The molecule has 2 rings (SSSR count). The molecule has 0 saturated carbocycles. The van der Waals surface area contributed by atoms with Gasteiger partial charge in [0.25, 0.3) is 0 Å². The summed E-state index contributed by atoms with van der Waals surface area (Å²) in [5.41, 5.74) is 2.65. The Bertz CT molecular complexity index is 457. The molecule has 0 aromatic heterocycles. The fourth-order valence-corrected chi connectivity index (χ4v) is 3.76. The number of hydrogen-bond acceptors (Lipinski definition) is 2. The van der Waals surface area contributed by atoms with Crippen molar-refractivity contribution in [3.63, 3.8) is 0 Å². The van der Waals surface area contributed by atoms with Gasteiger partial charge in [-0.15, -0.1) is 0 Å². The molecule has 0 aliphatic carbocycles. The minimum absolute atomic E-state index is 0.816. The van der Waals surface area contributed by atoms with Gasteiger partial charge in [0.1, 0.15) is 0 Å². The van der Waals surface area contributed by atoms with Crippen LogP contribution in [0.3, 0.4) is 0 Å². The Balaban J connectivity index is 1.73. The lowest BCUT2D eigenvalue weighted by atomic mass is 10.2. The van der Waals surface area contributed by atoms with Crippen molar-refractivity contribution in [3.8, 4) is 0 Å². The van der Waals surface area contributed by atoms with E-state index in [9.17, 15) is 0 Å². The maximum absolute atomic E-state index is 5.94. The van der Waals surface area contributed by atoms with Gasteiger partial charge < -0.3 is 0 Å². The van der Waals surface area contributed by atoms with Crippen LogP contribution >= 0.6 is 33.2 Å². The first kappa shape index (κ1) is 12.9. The van der Waals surface area contributed by atoms with E-state index in [1.54, 1.807) is 0 Å². The highest BCUT2D eigenvalue weighted by Crippen LogP contribution is 2.29. The van der Waals surface area contributed by atoms with Gasteiger partial charge in [0, 0.05) is 16.5 Å². The third-order valence-corrected chi connectivity index (χ3v) is 4.78. The summed E-state index contributed by atoms with van der Waals surface area (Å²) in [6, 6.07) is 18.6. The molecule has 3 heteroatoms. The van der Waals surface area contributed by atoms with Crippen LogP contribution < -0.4 is 0 Å². The Morgan fingerprint density at radius 2 is 1.41 bits per heavy atom. The number of halogens is 1.